The lowest BCUT2D eigenvalue weighted by atomic mass is 10.1. The molecule has 1 aliphatic heterocycles. The van der Waals surface area contributed by atoms with Crippen molar-refractivity contribution in [1.29, 1.82) is 0 Å². The standard InChI is InChI=1S/C13H14BrN3/c1-9-4-2-3-5-10(9)13-16-12(14)11-8-15-6-7-17(11)13/h2-5,15H,6-8H2,1H3. The first-order valence-corrected chi connectivity index (χ1v) is 6.58. The van der Waals surface area contributed by atoms with Crippen molar-refractivity contribution in [1.82, 2.24) is 14.9 Å². The Morgan fingerprint density at radius 2 is 2.18 bits per heavy atom. The Hall–Kier alpha value is -1.13. The minimum atomic E-state index is 0.888. The number of nitrogens with one attached hydrogen (secondary N) is 1. The van der Waals surface area contributed by atoms with Crippen molar-refractivity contribution in [3.63, 3.8) is 0 Å². The summed E-state index contributed by atoms with van der Waals surface area (Å²) in [7, 11) is 0. The Labute approximate surface area is 109 Å². The molecule has 2 heterocycles. The maximum absolute atomic E-state index is 4.66. The number of halogens is 1. The van der Waals surface area contributed by atoms with E-state index < -0.39 is 0 Å². The summed E-state index contributed by atoms with van der Waals surface area (Å²) in [5, 5.41) is 3.37. The van der Waals surface area contributed by atoms with Gasteiger partial charge in [-0.05, 0) is 28.4 Å². The van der Waals surface area contributed by atoms with Gasteiger partial charge < -0.3 is 9.88 Å². The van der Waals surface area contributed by atoms with E-state index in [2.05, 4.69) is 62.0 Å². The molecule has 3 nitrogen and oxygen atoms in total. The zero-order valence-electron chi connectivity index (χ0n) is 9.70. The van der Waals surface area contributed by atoms with E-state index in [0.29, 0.717) is 0 Å². The van der Waals surface area contributed by atoms with Gasteiger partial charge in [0.25, 0.3) is 0 Å². The maximum Gasteiger partial charge on any atom is 0.141 e. The van der Waals surface area contributed by atoms with E-state index in [1.165, 1.54) is 16.8 Å². The molecule has 0 radical (unpaired) electrons. The Morgan fingerprint density at radius 3 is 3.00 bits per heavy atom. The second-order valence-electron chi connectivity index (χ2n) is 4.32. The summed E-state index contributed by atoms with van der Waals surface area (Å²) >= 11 is 3.55. The summed E-state index contributed by atoms with van der Waals surface area (Å²) in [6, 6.07) is 8.40. The van der Waals surface area contributed by atoms with E-state index >= 15 is 0 Å². The fourth-order valence-corrected chi connectivity index (χ4v) is 2.82. The summed E-state index contributed by atoms with van der Waals surface area (Å²) in [6.07, 6.45) is 0. The number of nitrogens with zero attached hydrogens (tertiary/aromatic N) is 2. The van der Waals surface area contributed by atoms with Crippen LogP contribution in [0.5, 0.6) is 0 Å². The molecule has 0 aliphatic carbocycles. The van der Waals surface area contributed by atoms with Crippen LogP contribution in [0.2, 0.25) is 0 Å². The molecule has 0 saturated heterocycles. The Balaban J connectivity index is 2.19. The summed E-state index contributed by atoms with van der Waals surface area (Å²) in [6.45, 7) is 5.01. The minimum absolute atomic E-state index is 0.888. The molecule has 1 aromatic carbocycles. The average Bonchev–Trinajstić information content (AvgIpc) is 2.68. The van der Waals surface area contributed by atoms with E-state index in [4.69, 9.17) is 0 Å². The van der Waals surface area contributed by atoms with Crippen LogP contribution in [0, 0.1) is 6.92 Å². The normalized spacial score (nSPS) is 14.7. The highest BCUT2D eigenvalue weighted by molar-refractivity contribution is 9.10. The van der Waals surface area contributed by atoms with Crippen LogP contribution < -0.4 is 5.32 Å². The van der Waals surface area contributed by atoms with Crippen LogP contribution in [0.25, 0.3) is 11.4 Å². The van der Waals surface area contributed by atoms with Crippen LogP contribution in [-0.4, -0.2) is 16.1 Å². The minimum Gasteiger partial charge on any atom is -0.325 e. The van der Waals surface area contributed by atoms with Gasteiger partial charge in [-0.3, -0.25) is 0 Å². The van der Waals surface area contributed by atoms with Gasteiger partial charge in [0.2, 0.25) is 0 Å². The van der Waals surface area contributed by atoms with E-state index in [-0.39, 0.29) is 0 Å². The smallest absolute Gasteiger partial charge is 0.141 e. The molecule has 88 valence electrons. The van der Waals surface area contributed by atoms with Gasteiger partial charge in [0, 0.05) is 25.2 Å². The van der Waals surface area contributed by atoms with Crippen LogP contribution in [0.15, 0.2) is 28.9 Å². The molecule has 4 heteroatoms. The van der Waals surface area contributed by atoms with Gasteiger partial charge in [0.05, 0.1) is 5.69 Å². The zero-order chi connectivity index (χ0) is 11.8. The first-order valence-electron chi connectivity index (χ1n) is 5.79. The molecule has 0 amide bonds. The van der Waals surface area contributed by atoms with Gasteiger partial charge in [0.15, 0.2) is 0 Å². The van der Waals surface area contributed by atoms with Crippen LogP contribution in [-0.2, 0) is 13.1 Å². The largest absolute Gasteiger partial charge is 0.325 e. The predicted octanol–water partition coefficient (Wildman–Crippen LogP) is 2.72. The van der Waals surface area contributed by atoms with Gasteiger partial charge in [-0.1, -0.05) is 24.3 Å². The number of rotatable bonds is 1. The van der Waals surface area contributed by atoms with E-state index in [0.717, 1.165) is 30.1 Å². The summed E-state index contributed by atoms with van der Waals surface area (Å²) in [5.74, 6) is 1.08. The molecule has 3 rings (SSSR count). The highest BCUT2D eigenvalue weighted by atomic mass is 79.9. The van der Waals surface area contributed by atoms with Gasteiger partial charge in [-0.15, -0.1) is 0 Å². The number of fused-ring (bicyclic) bond motifs is 1. The zero-order valence-corrected chi connectivity index (χ0v) is 11.3. The van der Waals surface area contributed by atoms with Gasteiger partial charge in [-0.2, -0.15) is 0 Å². The number of hydrogen-bond acceptors (Lipinski definition) is 2. The van der Waals surface area contributed by atoms with Crippen molar-refractivity contribution in [3.05, 3.63) is 40.1 Å². The third-order valence-corrected chi connectivity index (χ3v) is 3.85. The predicted molar refractivity (Wildman–Crippen MR) is 71.8 cm³/mol. The lowest BCUT2D eigenvalue weighted by molar-refractivity contribution is 0.518. The van der Waals surface area contributed by atoms with Crippen molar-refractivity contribution in [2.24, 2.45) is 0 Å². The van der Waals surface area contributed by atoms with Crippen molar-refractivity contribution in [3.8, 4) is 11.4 Å². The third-order valence-electron chi connectivity index (χ3n) is 3.21. The number of benzene rings is 1. The molecule has 0 spiro atoms. The van der Waals surface area contributed by atoms with Gasteiger partial charge >= 0.3 is 0 Å². The lowest BCUT2D eigenvalue weighted by Gasteiger charge is -2.18. The number of aryl methyl sites for hydroxylation is 1. The van der Waals surface area contributed by atoms with E-state index in [1.54, 1.807) is 0 Å². The average molecular weight is 292 g/mol. The van der Waals surface area contributed by atoms with Crippen LogP contribution in [0.1, 0.15) is 11.3 Å². The van der Waals surface area contributed by atoms with Crippen molar-refractivity contribution < 1.29 is 0 Å². The monoisotopic (exact) mass is 291 g/mol. The van der Waals surface area contributed by atoms with Crippen molar-refractivity contribution in [2.45, 2.75) is 20.0 Å². The van der Waals surface area contributed by atoms with Gasteiger partial charge in [-0.25, -0.2) is 4.98 Å². The second kappa shape index (κ2) is 4.27. The highest BCUT2D eigenvalue weighted by Gasteiger charge is 2.19. The van der Waals surface area contributed by atoms with E-state index in [1.807, 2.05) is 0 Å². The maximum atomic E-state index is 4.66. The molecule has 1 aliphatic rings. The molecule has 0 bridgehead atoms. The van der Waals surface area contributed by atoms with Crippen molar-refractivity contribution >= 4 is 15.9 Å². The molecule has 0 fully saturated rings. The van der Waals surface area contributed by atoms with Crippen LogP contribution in [0.4, 0.5) is 0 Å². The fourth-order valence-electron chi connectivity index (χ4n) is 2.29. The first-order chi connectivity index (χ1) is 8.27. The molecule has 1 aromatic heterocycles. The van der Waals surface area contributed by atoms with E-state index in [9.17, 15) is 0 Å². The quantitative estimate of drug-likeness (QED) is 0.876. The highest BCUT2D eigenvalue weighted by Crippen LogP contribution is 2.28. The molecule has 2 aromatic rings. The van der Waals surface area contributed by atoms with Gasteiger partial charge in [0.1, 0.15) is 10.4 Å². The molecule has 0 atom stereocenters. The molecule has 0 unspecified atom stereocenters. The Kier molecular flexibility index (Phi) is 2.76. The summed E-state index contributed by atoms with van der Waals surface area (Å²) in [4.78, 5) is 4.66. The molecular formula is C13H14BrN3. The van der Waals surface area contributed by atoms with Crippen LogP contribution >= 0.6 is 15.9 Å². The Bertz CT molecular complexity index is 560. The fraction of sp³-hybridized carbons (Fsp3) is 0.308. The third kappa shape index (κ3) is 1.81. The summed E-state index contributed by atoms with van der Waals surface area (Å²) < 4.78 is 3.27. The molecule has 1 N–H and O–H groups in total. The number of imidazole rings is 1. The number of hydrogen-bond donors (Lipinski definition) is 1. The second-order valence-corrected chi connectivity index (χ2v) is 5.07. The lowest BCUT2D eigenvalue weighted by Crippen LogP contribution is -2.28. The topological polar surface area (TPSA) is 29.9 Å². The first kappa shape index (κ1) is 11.0. The molecule has 0 saturated carbocycles. The van der Waals surface area contributed by atoms with Crippen LogP contribution in [0.3, 0.4) is 0 Å². The summed E-state index contributed by atoms with van der Waals surface area (Å²) in [5.41, 5.74) is 3.74. The molecule has 17 heavy (non-hydrogen) atoms. The van der Waals surface area contributed by atoms with Crippen molar-refractivity contribution in [2.75, 3.05) is 6.54 Å². The Morgan fingerprint density at radius 1 is 1.35 bits per heavy atom. The molecular weight excluding hydrogens is 278 g/mol. The SMILES string of the molecule is Cc1ccccc1-c1nc(Br)c2n1CCNC2. The number of aromatic nitrogens is 2.